The highest BCUT2D eigenvalue weighted by molar-refractivity contribution is 7.89. The Morgan fingerprint density at radius 2 is 2.07 bits per heavy atom. The lowest BCUT2D eigenvalue weighted by atomic mass is 10.00. The number of halogens is 2. The molecule has 1 aromatic heterocycles. The minimum Gasteiger partial charge on any atom is -0.339 e. The van der Waals surface area contributed by atoms with Crippen molar-refractivity contribution in [1.82, 2.24) is 14.4 Å². The summed E-state index contributed by atoms with van der Waals surface area (Å²) in [6.45, 7) is 2.47. The van der Waals surface area contributed by atoms with Gasteiger partial charge in [0.1, 0.15) is 10.7 Å². The lowest BCUT2D eigenvalue weighted by Crippen LogP contribution is -2.39. The molecule has 1 atom stereocenters. The van der Waals surface area contributed by atoms with Crippen LogP contribution in [-0.4, -0.2) is 36.0 Å². The van der Waals surface area contributed by atoms with E-state index in [0.717, 1.165) is 12.0 Å². The average Bonchev–Trinajstić information content (AvgIpc) is 3.18. The zero-order valence-electron chi connectivity index (χ0n) is 15.7. The Morgan fingerprint density at radius 3 is 2.83 bits per heavy atom. The van der Waals surface area contributed by atoms with E-state index in [0.29, 0.717) is 24.4 Å². The minimum atomic E-state index is -3.74. The maximum atomic E-state index is 13.4. The van der Waals surface area contributed by atoms with Crippen molar-refractivity contribution in [1.29, 1.82) is 0 Å². The number of sulfonamides is 1. The normalized spacial score (nSPS) is 18.1. The molecule has 0 aliphatic carbocycles. The van der Waals surface area contributed by atoms with Crippen molar-refractivity contribution in [2.24, 2.45) is 0 Å². The predicted octanol–water partition coefficient (Wildman–Crippen LogP) is 4.41. The molecule has 2 aromatic carbocycles. The van der Waals surface area contributed by atoms with Gasteiger partial charge in [0.25, 0.3) is 0 Å². The molecule has 6 nitrogen and oxygen atoms in total. The first-order valence-corrected chi connectivity index (χ1v) is 11.0. The third-order valence-electron chi connectivity index (χ3n) is 4.96. The van der Waals surface area contributed by atoms with Gasteiger partial charge in [0, 0.05) is 18.7 Å². The highest BCUT2D eigenvalue weighted by Crippen LogP contribution is 2.32. The van der Waals surface area contributed by atoms with E-state index >= 15 is 0 Å². The van der Waals surface area contributed by atoms with Crippen LogP contribution in [0.15, 0.2) is 51.9 Å². The summed E-state index contributed by atoms with van der Waals surface area (Å²) in [6, 6.07) is 10.8. The molecule has 3 aromatic rings. The van der Waals surface area contributed by atoms with Gasteiger partial charge in [-0.05, 0) is 49.6 Å². The lowest BCUT2D eigenvalue weighted by molar-refractivity contribution is 0.265. The summed E-state index contributed by atoms with van der Waals surface area (Å²) in [5.41, 5.74) is 1.40. The summed E-state index contributed by atoms with van der Waals surface area (Å²) < 4.78 is 46.4. The van der Waals surface area contributed by atoms with Gasteiger partial charge >= 0.3 is 0 Å². The SMILES string of the molecule is Cc1ccc(S(=O)(=O)N2CCCC(c3nc(-c4cccc(F)c4)no3)C2)c(Cl)c1. The van der Waals surface area contributed by atoms with Crippen molar-refractivity contribution in [3.63, 3.8) is 0 Å². The van der Waals surface area contributed by atoms with Crippen LogP contribution in [0.2, 0.25) is 5.02 Å². The fourth-order valence-corrected chi connectivity index (χ4v) is 5.56. The van der Waals surface area contributed by atoms with Crippen LogP contribution in [0.3, 0.4) is 0 Å². The number of piperidine rings is 1. The van der Waals surface area contributed by atoms with Crippen LogP contribution < -0.4 is 0 Å². The first kappa shape index (κ1) is 20.0. The average molecular weight is 436 g/mol. The molecule has 0 bridgehead atoms. The largest absolute Gasteiger partial charge is 0.339 e. The van der Waals surface area contributed by atoms with Gasteiger partial charge in [-0.25, -0.2) is 12.8 Å². The monoisotopic (exact) mass is 435 g/mol. The first-order chi connectivity index (χ1) is 13.8. The van der Waals surface area contributed by atoms with E-state index in [1.54, 1.807) is 24.3 Å². The molecule has 0 spiro atoms. The van der Waals surface area contributed by atoms with Crippen molar-refractivity contribution >= 4 is 21.6 Å². The van der Waals surface area contributed by atoms with Crippen LogP contribution in [0.25, 0.3) is 11.4 Å². The molecule has 4 rings (SSSR count). The maximum absolute atomic E-state index is 13.4. The highest BCUT2D eigenvalue weighted by Gasteiger charge is 2.34. The van der Waals surface area contributed by atoms with E-state index < -0.39 is 15.8 Å². The fourth-order valence-electron chi connectivity index (χ4n) is 3.46. The second-order valence-electron chi connectivity index (χ2n) is 7.10. The number of aromatic nitrogens is 2. The molecule has 1 fully saturated rings. The van der Waals surface area contributed by atoms with E-state index in [9.17, 15) is 12.8 Å². The van der Waals surface area contributed by atoms with E-state index in [2.05, 4.69) is 10.1 Å². The van der Waals surface area contributed by atoms with Crippen LogP contribution in [0, 0.1) is 12.7 Å². The summed E-state index contributed by atoms with van der Waals surface area (Å²) in [5, 5.41) is 4.14. The molecule has 1 aliphatic heterocycles. The first-order valence-electron chi connectivity index (χ1n) is 9.20. The second kappa shape index (κ2) is 7.85. The van der Waals surface area contributed by atoms with Crippen molar-refractivity contribution in [3.05, 3.63) is 64.8 Å². The lowest BCUT2D eigenvalue weighted by Gasteiger charge is -2.30. The van der Waals surface area contributed by atoms with Crippen LogP contribution in [0.4, 0.5) is 4.39 Å². The van der Waals surface area contributed by atoms with Gasteiger partial charge < -0.3 is 4.52 Å². The summed E-state index contributed by atoms with van der Waals surface area (Å²) in [6.07, 6.45) is 1.38. The van der Waals surface area contributed by atoms with Gasteiger partial charge in [0.2, 0.25) is 21.7 Å². The topological polar surface area (TPSA) is 76.3 Å². The van der Waals surface area contributed by atoms with E-state index in [1.165, 1.54) is 22.5 Å². The van der Waals surface area contributed by atoms with Crippen LogP contribution in [0.1, 0.15) is 30.2 Å². The Kier molecular flexibility index (Phi) is 5.42. The predicted molar refractivity (Wildman–Crippen MR) is 107 cm³/mol. The molecule has 152 valence electrons. The Balaban J connectivity index is 1.57. The molecule has 1 saturated heterocycles. The zero-order valence-corrected chi connectivity index (χ0v) is 17.3. The number of hydrogen-bond donors (Lipinski definition) is 0. The summed E-state index contributed by atoms with van der Waals surface area (Å²) in [7, 11) is -3.74. The number of rotatable bonds is 4. The van der Waals surface area contributed by atoms with Crippen LogP contribution >= 0.6 is 11.6 Å². The van der Waals surface area contributed by atoms with Gasteiger partial charge in [-0.2, -0.15) is 9.29 Å². The minimum absolute atomic E-state index is 0.0939. The van der Waals surface area contributed by atoms with Crippen molar-refractivity contribution in [3.8, 4) is 11.4 Å². The van der Waals surface area contributed by atoms with Crippen molar-refractivity contribution in [2.75, 3.05) is 13.1 Å². The molecular formula is C20H19ClFN3O3S. The molecule has 29 heavy (non-hydrogen) atoms. The summed E-state index contributed by atoms with van der Waals surface area (Å²) in [5.74, 6) is -0.00320. The summed E-state index contributed by atoms with van der Waals surface area (Å²) in [4.78, 5) is 4.47. The van der Waals surface area contributed by atoms with Gasteiger partial charge in [-0.1, -0.05) is 35.0 Å². The van der Waals surface area contributed by atoms with Gasteiger partial charge in [-0.3, -0.25) is 0 Å². The quantitative estimate of drug-likeness (QED) is 0.606. The van der Waals surface area contributed by atoms with Crippen molar-refractivity contribution in [2.45, 2.75) is 30.6 Å². The molecule has 2 heterocycles. The Bertz CT molecular complexity index is 1150. The molecule has 0 saturated carbocycles. The zero-order chi connectivity index (χ0) is 20.6. The number of nitrogens with zero attached hydrogens (tertiary/aromatic N) is 3. The second-order valence-corrected chi connectivity index (χ2v) is 9.42. The number of aryl methyl sites for hydroxylation is 1. The molecule has 0 N–H and O–H groups in total. The van der Waals surface area contributed by atoms with Gasteiger partial charge in [-0.15, -0.1) is 0 Å². The molecule has 0 amide bonds. The Morgan fingerprint density at radius 1 is 1.24 bits per heavy atom. The summed E-state index contributed by atoms with van der Waals surface area (Å²) >= 11 is 6.19. The third-order valence-corrected chi connectivity index (χ3v) is 7.31. The maximum Gasteiger partial charge on any atom is 0.244 e. The van der Waals surface area contributed by atoms with E-state index in [-0.39, 0.29) is 28.2 Å². The fraction of sp³-hybridized carbons (Fsp3) is 0.300. The number of hydrogen-bond acceptors (Lipinski definition) is 5. The Labute approximate surface area is 173 Å². The van der Waals surface area contributed by atoms with Gasteiger partial charge in [0.05, 0.1) is 10.9 Å². The molecule has 1 aliphatic rings. The molecule has 1 unspecified atom stereocenters. The van der Waals surface area contributed by atoms with Crippen LogP contribution in [0.5, 0.6) is 0 Å². The van der Waals surface area contributed by atoms with Gasteiger partial charge in [0.15, 0.2) is 0 Å². The number of benzene rings is 2. The smallest absolute Gasteiger partial charge is 0.244 e. The molecule has 0 radical (unpaired) electrons. The molecule has 9 heteroatoms. The third kappa shape index (κ3) is 4.05. The van der Waals surface area contributed by atoms with Crippen molar-refractivity contribution < 1.29 is 17.3 Å². The van der Waals surface area contributed by atoms with E-state index in [1.807, 2.05) is 6.92 Å². The standard InChI is InChI=1S/C20H19ClFN3O3S/c1-13-7-8-18(17(21)10-13)29(26,27)25-9-3-5-15(12-25)20-23-19(24-28-20)14-4-2-6-16(22)11-14/h2,4,6-8,10-11,15H,3,5,9,12H2,1H3. The van der Waals surface area contributed by atoms with E-state index in [4.69, 9.17) is 16.1 Å². The molecular weight excluding hydrogens is 417 g/mol. The highest BCUT2D eigenvalue weighted by atomic mass is 35.5. The van der Waals surface area contributed by atoms with Crippen LogP contribution in [-0.2, 0) is 10.0 Å². The Hall–Kier alpha value is -2.29.